The van der Waals surface area contributed by atoms with E-state index in [-0.39, 0.29) is 11.6 Å². The van der Waals surface area contributed by atoms with Crippen molar-refractivity contribution in [2.24, 2.45) is 7.05 Å². The van der Waals surface area contributed by atoms with E-state index in [1.807, 2.05) is 0 Å². The SMILES string of the molecule is Cn1cc(N)c(C(=O)NC2CCCNC2=O)n1. The number of amides is 2. The van der Waals surface area contributed by atoms with Crippen molar-refractivity contribution < 1.29 is 9.59 Å². The number of hydrogen-bond acceptors (Lipinski definition) is 4. The minimum atomic E-state index is -0.488. The minimum absolute atomic E-state index is 0.154. The second-order valence-electron chi connectivity index (χ2n) is 4.07. The predicted octanol–water partition coefficient (Wildman–Crippen LogP) is -0.989. The monoisotopic (exact) mass is 237 g/mol. The second-order valence-corrected chi connectivity index (χ2v) is 4.07. The largest absolute Gasteiger partial charge is 0.396 e. The number of carbonyl (C=O) groups excluding carboxylic acids is 2. The van der Waals surface area contributed by atoms with Crippen molar-refractivity contribution in [3.8, 4) is 0 Å². The summed E-state index contributed by atoms with van der Waals surface area (Å²) in [5.74, 6) is -0.566. The number of nitrogens with two attached hydrogens (primary N) is 1. The van der Waals surface area contributed by atoms with Crippen molar-refractivity contribution in [2.75, 3.05) is 12.3 Å². The molecule has 0 saturated carbocycles. The number of nitrogen functional groups attached to an aromatic ring is 1. The van der Waals surface area contributed by atoms with Crippen LogP contribution in [-0.4, -0.2) is 34.2 Å². The van der Waals surface area contributed by atoms with Crippen LogP contribution < -0.4 is 16.4 Å². The van der Waals surface area contributed by atoms with Crippen LogP contribution in [0.2, 0.25) is 0 Å². The molecule has 0 bridgehead atoms. The maximum Gasteiger partial charge on any atom is 0.274 e. The van der Waals surface area contributed by atoms with Gasteiger partial charge in [0.25, 0.3) is 5.91 Å². The van der Waals surface area contributed by atoms with E-state index < -0.39 is 11.9 Å². The molecule has 4 N–H and O–H groups in total. The molecule has 2 heterocycles. The number of rotatable bonds is 2. The van der Waals surface area contributed by atoms with Crippen LogP contribution in [0.4, 0.5) is 5.69 Å². The molecule has 1 unspecified atom stereocenters. The van der Waals surface area contributed by atoms with E-state index in [2.05, 4.69) is 15.7 Å². The zero-order valence-electron chi connectivity index (χ0n) is 9.56. The van der Waals surface area contributed by atoms with Gasteiger partial charge in [0.1, 0.15) is 6.04 Å². The summed E-state index contributed by atoms with van der Waals surface area (Å²) in [6.45, 7) is 0.664. The third kappa shape index (κ3) is 2.38. The Hall–Kier alpha value is -2.05. The Bertz CT molecular complexity index is 454. The molecule has 1 atom stereocenters. The molecular weight excluding hydrogens is 222 g/mol. The summed E-state index contributed by atoms with van der Waals surface area (Å²) in [5, 5.41) is 9.28. The number of anilines is 1. The van der Waals surface area contributed by atoms with Crippen LogP contribution in [0.25, 0.3) is 0 Å². The van der Waals surface area contributed by atoms with Gasteiger partial charge in [-0.1, -0.05) is 0 Å². The number of hydrogen-bond donors (Lipinski definition) is 3. The maximum atomic E-state index is 11.8. The highest BCUT2D eigenvalue weighted by Crippen LogP contribution is 2.09. The molecule has 1 fully saturated rings. The van der Waals surface area contributed by atoms with Crippen molar-refractivity contribution in [1.29, 1.82) is 0 Å². The van der Waals surface area contributed by atoms with Crippen LogP contribution in [0.5, 0.6) is 0 Å². The molecule has 1 aromatic heterocycles. The Balaban J connectivity index is 2.06. The number of carbonyl (C=O) groups is 2. The average molecular weight is 237 g/mol. The topological polar surface area (TPSA) is 102 Å². The Morgan fingerprint density at radius 1 is 1.71 bits per heavy atom. The minimum Gasteiger partial charge on any atom is -0.396 e. The number of nitrogens with zero attached hydrogens (tertiary/aromatic N) is 2. The Morgan fingerprint density at radius 2 is 2.47 bits per heavy atom. The van der Waals surface area contributed by atoms with Gasteiger partial charge >= 0.3 is 0 Å². The summed E-state index contributed by atoms with van der Waals surface area (Å²) in [5.41, 5.74) is 6.10. The van der Waals surface area contributed by atoms with Crippen molar-refractivity contribution in [2.45, 2.75) is 18.9 Å². The van der Waals surface area contributed by atoms with Gasteiger partial charge in [-0.15, -0.1) is 0 Å². The molecule has 1 aromatic rings. The van der Waals surface area contributed by atoms with Gasteiger partial charge in [-0.2, -0.15) is 5.10 Å². The van der Waals surface area contributed by atoms with E-state index >= 15 is 0 Å². The molecule has 1 aliphatic rings. The zero-order valence-corrected chi connectivity index (χ0v) is 9.56. The normalized spacial score (nSPS) is 19.8. The van der Waals surface area contributed by atoms with Gasteiger partial charge in [0.05, 0.1) is 5.69 Å². The molecule has 0 aliphatic carbocycles. The van der Waals surface area contributed by atoms with E-state index in [1.165, 1.54) is 4.68 Å². The van der Waals surface area contributed by atoms with E-state index in [9.17, 15) is 9.59 Å². The third-order valence-electron chi connectivity index (χ3n) is 2.66. The number of aromatic nitrogens is 2. The van der Waals surface area contributed by atoms with Crippen LogP contribution in [0.15, 0.2) is 6.20 Å². The molecule has 92 valence electrons. The van der Waals surface area contributed by atoms with Gasteiger partial charge in [0.2, 0.25) is 5.91 Å². The molecule has 7 heteroatoms. The fourth-order valence-electron chi connectivity index (χ4n) is 1.82. The predicted molar refractivity (Wildman–Crippen MR) is 61.1 cm³/mol. The quantitative estimate of drug-likeness (QED) is 0.614. The average Bonchev–Trinajstić information content (AvgIpc) is 2.61. The molecule has 0 spiro atoms. The van der Waals surface area contributed by atoms with Gasteiger partial charge in [-0.25, -0.2) is 0 Å². The first-order chi connectivity index (χ1) is 8.08. The molecule has 17 heavy (non-hydrogen) atoms. The first kappa shape index (κ1) is 11.4. The molecule has 0 radical (unpaired) electrons. The highest BCUT2D eigenvalue weighted by atomic mass is 16.2. The highest BCUT2D eigenvalue weighted by molar-refractivity contribution is 5.99. The number of piperidine rings is 1. The van der Waals surface area contributed by atoms with E-state index in [0.29, 0.717) is 18.7 Å². The second kappa shape index (κ2) is 4.44. The smallest absolute Gasteiger partial charge is 0.274 e. The third-order valence-corrected chi connectivity index (χ3v) is 2.66. The van der Waals surface area contributed by atoms with Crippen molar-refractivity contribution in [1.82, 2.24) is 20.4 Å². The van der Waals surface area contributed by atoms with Crippen LogP contribution >= 0.6 is 0 Å². The van der Waals surface area contributed by atoms with Crippen molar-refractivity contribution >= 4 is 17.5 Å². The summed E-state index contributed by atoms with van der Waals surface area (Å²) in [7, 11) is 1.68. The molecule has 2 rings (SSSR count). The van der Waals surface area contributed by atoms with Crippen LogP contribution in [-0.2, 0) is 11.8 Å². The number of aryl methyl sites for hydroxylation is 1. The van der Waals surface area contributed by atoms with Gasteiger partial charge in [-0.05, 0) is 12.8 Å². The summed E-state index contributed by atoms with van der Waals surface area (Å²) in [4.78, 5) is 23.3. The molecule has 0 aromatic carbocycles. The fourth-order valence-corrected chi connectivity index (χ4v) is 1.82. The van der Waals surface area contributed by atoms with Gasteiger partial charge in [0.15, 0.2) is 5.69 Å². The van der Waals surface area contributed by atoms with E-state index in [1.54, 1.807) is 13.2 Å². The highest BCUT2D eigenvalue weighted by Gasteiger charge is 2.25. The first-order valence-electron chi connectivity index (χ1n) is 5.45. The Kier molecular flexibility index (Phi) is 2.99. The van der Waals surface area contributed by atoms with Gasteiger partial charge < -0.3 is 16.4 Å². The lowest BCUT2D eigenvalue weighted by Gasteiger charge is -2.22. The zero-order chi connectivity index (χ0) is 12.4. The van der Waals surface area contributed by atoms with Crippen LogP contribution in [0.1, 0.15) is 23.3 Å². The number of nitrogens with one attached hydrogen (secondary N) is 2. The molecule has 1 aliphatic heterocycles. The van der Waals surface area contributed by atoms with E-state index in [0.717, 1.165) is 6.42 Å². The van der Waals surface area contributed by atoms with Gasteiger partial charge in [0, 0.05) is 19.8 Å². The first-order valence-corrected chi connectivity index (χ1v) is 5.45. The molecular formula is C10H15N5O2. The summed E-state index contributed by atoms with van der Waals surface area (Å²) in [6.07, 6.45) is 3.05. The molecule has 1 saturated heterocycles. The standard InChI is InChI=1S/C10H15N5O2/c1-15-5-6(11)8(14-15)10(17)13-7-3-2-4-12-9(7)16/h5,7H,2-4,11H2,1H3,(H,12,16)(H,13,17). The Labute approximate surface area is 98.4 Å². The molecule has 2 amide bonds. The lowest BCUT2D eigenvalue weighted by atomic mass is 10.1. The summed E-state index contributed by atoms with van der Waals surface area (Å²) < 4.78 is 1.46. The van der Waals surface area contributed by atoms with Crippen LogP contribution in [0, 0.1) is 0 Å². The van der Waals surface area contributed by atoms with Crippen molar-refractivity contribution in [3.05, 3.63) is 11.9 Å². The van der Waals surface area contributed by atoms with Crippen molar-refractivity contribution in [3.63, 3.8) is 0 Å². The summed E-state index contributed by atoms with van der Waals surface area (Å²) >= 11 is 0. The van der Waals surface area contributed by atoms with Gasteiger partial charge in [-0.3, -0.25) is 14.3 Å². The summed E-state index contributed by atoms with van der Waals surface area (Å²) in [6, 6.07) is -0.488. The lowest BCUT2D eigenvalue weighted by molar-refractivity contribution is -0.124. The maximum absolute atomic E-state index is 11.8. The lowest BCUT2D eigenvalue weighted by Crippen LogP contribution is -2.50. The van der Waals surface area contributed by atoms with Crippen LogP contribution in [0.3, 0.4) is 0 Å². The fraction of sp³-hybridized carbons (Fsp3) is 0.500. The Morgan fingerprint density at radius 3 is 3.06 bits per heavy atom. The van der Waals surface area contributed by atoms with E-state index in [4.69, 9.17) is 5.73 Å². The molecule has 7 nitrogen and oxygen atoms in total.